The topological polar surface area (TPSA) is 57.8 Å². The monoisotopic (exact) mass is 387 g/mol. The summed E-state index contributed by atoms with van der Waals surface area (Å²) in [5, 5.41) is 3.03. The van der Waals surface area contributed by atoms with E-state index >= 15 is 0 Å². The van der Waals surface area contributed by atoms with Crippen molar-refractivity contribution in [3.8, 4) is 11.4 Å². The molecule has 0 atom stereocenters. The fourth-order valence-corrected chi connectivity index (χ4v) is 3.68. The predicted octanol–water partition coefficient (Wildman–Crippen LogP) is 5.74. The molecule has 1 heterocycles. The number of amides is 1. The van der Waals surface area contributed by atoms with Crippen molar-refractivity contribution in [3.63, 3.8) is 0 Å². The Kier molecular flexibility index (Phi) is 5.44. The Hall–Kier alpha value is -3.05. The van der Waals surface area contributed by atoms with Crippen molar-refractivity contribution in [3.05, 3.63) is 83.9 Å². The summed E-state index contributed by atoms with van der Waals surface area (Å²) < 4.78 is 0. The van der Waals surface area contributed by atoms with Gasteiger partial charge in [-0.25, -0.2) is 4.98 Å². The Morgan fingerprint density at radius 2 is 1.75 bits per heavy atom. The standard InChI is InChI=1S/C23H21N3OS/c1-2-28-15-16-11-13-17(14-12-16)23(27)26-19-8-4-3-7-18(19)22-24-20-9-5-6-10-21(20)25-22/h3-14H,2,15H2,1H3,(H,24,25)(H,26,27). The molecule has 1 amide bonds. The molecule has 4 nitrogen and oxygen atoms in total. The molecule has 0 aliphatic heterocycles. The van der Waals surface area contributed by atoms with Gasteiger partial charge in [0.2, 0.25) is 0 Å². The third-order valence-corrected chi connectivity index (χ3v) is 5.45. The van der Waals surface area contributed by atoms with Crippen molar-refractivity contribution in [2.75, 3.05) is 11.1 Å². The number of nitrogens with zero attached hydrogens (tertiary/aromatic N) is 1. The molecular weight excluding hydrogens is 366 g/mol. The highest BCUT2D eigenvalue weighted by molar-refractivity contribution is 7.98. The number of carbonyl (C=O) groups is 1. The van der Waals surface area contributed by atoms with E-state index in [2.05, 4.69) is 22.2 Å². The highest BCUT2D eigenvalue weighted by atomic mass is 32.2. The number of carbonyl (C=O) groups excluding carboxylic acids is 1. The van der Waals surface area contributed by atoms with Crippen LogP contribution in [0.25, 0.3) is 22.4 Å². The first-order valence-electron chi connectivity index (χ1n) is 9.27. The van der Waals surface area contributed by atoms with Crippen LogP contribution in [-0.4, -0.2) is 21.6 Å². The highest BCUT2D eigenvalue weighted by Crippen LogP contribution is 2.28. The SMILES string of the molecule is CCSCc1ccc(C(=O)Nc2ccccc2-c2nc3ccccc3[nH]2)cc1. The first-order chi connectivity index (χ1) is 13.7. The van der Waals surface area contributed by atoms with E-state index in [4.69, 9.17) is 0 Å². The average molecular weight is 388 g/mol. The van der Waals surface area contributed by atoms with Crippen molar-refractivity contribution in [1.82, 2.24) is 9.97 Å². The molecule has 140 valence electrons. The average Bonchev–Trinajstić information content (AvgIpc) is 3.17. The summed E-state index contributed by atoms with van der Waals surface area (Å²) >= 11 is 1.87. The van der Waals surface area contributed by atoms with Gasteiger partial charge in [0, 0.05) is 16.9 Å². The van der Waals surface area contributed by atoms with Gasteiger partial charge >= 0.3 is 0 Å². The molecule has 2 N–H and O–H groups in total. The van der Waals surface area contributed by atoms with Gasteiger partial charge in [0.25, 0.3) is 5.91 Å². The van der Waals surface area contributed by atoms with Gasteiger partial charge in [-0.3, -0.25) is 4.79 Å². The lowest BCUT2D eigenvalue weighted by Gasteiger charge is -2.10. The smallest absolute Gasteiger partial charge is 0.255 e. The fourth-order valence-electron chi connectivity index (χ4n) is 3.05. The van der Waals surface area contributed by atoms with Gasteiger partial charge in [-0.15, -0.1) is 0 Å². The Morgan fingerprint density at radius 1 is 1.00 bits per heavy atom. The van der Waals surface area contributed by atoms with Crippen LogP contribution >= 0.6 is 11.8 Å². The molecule has 0 spiro atoms. The maximum atomic E-state index is 12.7. The van der Waals surface area contributed by atoms with Crippen molar-refractivity contribution in [2.45, 2.75) is 12.7 Å². The lowest BCUT2D eigenvalue weighted by Crippen LogP contribution is -2.12. The molecule has 0 fully saturated rings. The molecule has 3 aromatic carbocycles. The quantitative estimate of drug-likeness (QED) is 0.444. The normalized spacial score (nSPS) is 10.9. The predicted molar refractivity (Wildman–Crippen MR) is 118 cm³/mol. The van der Waals surface area contributed by atoms with Gasteiger partial charge in [0.15, 0.2) is 0 Å². The molecule has 0 radical (unpaired) electrons. The summed E-state index contributed by atoms with van der Waals surface area (Å²) in [5.41, 5.74) is 5.34. The van der Waals surface area contributed by atoms with Crippen LogP contribution in [0.3, 0.4) is 0 Å². The molecule has 1 aromatic heterocycles. The lowest BCUT2D eigenvalue weighted by molar-refractivity contribution is 0.102. The van der Waals surface area contributed by atoms with Crippen LogP contribution in [-0.2, 0) is 5.75 Å². The molecule has 0 bridgehead atoms. The number of para-hydroxylation sites is 3. The van der Waals surface area contributed by atoms with E-state index in [1.807, 2.05) is 84.6 Å². The summed E-state index contributed by atoms with van der Waals surface area (Å²) in [6, 6.07) is 23.4. The summed E-state index contributed by atoms with van der Waals surface area (Å²) in [6.07, 6.45) is 0. The van der Waals surface area contributed by atoms with Crippen LogP contribution in [0.4, 0.5) is 5.69 Å². The van der Waals surface area contributed by atoms with Gasteiger partial charge in [0.05, 0.1) is 16.7 Å². The summed E-state index contributed by atoms with van der Waals surface area (Å²) in [4.78, 5) is 20.7. The van der Waals surface area contributed by atoms with E-state index < -0.39 is 0 Å². The number of H-pyrrole nitrogens is 1. The van der Waals surface area contributed by atoms with Crippen molar-refractivity contribution < 1.29 is 4.79 Å². The van der Waals surface area contributed by atoms with Crippen molar-refractivity contribution >= 4 is 34.4 Å². The molecular formula is C23H21N3OS. The Labute approximate surface area is 168 Å². The molecule has 4 rings (SSSR count). The number of hydrogen-bond acceptors (Lipinski definition) is 3. The Morgan fingerprint density at radius 3 is 2.54 bits per heavy atom. The number of anilines is 1. The number of benzene rings is 3. The molecule has 5 heteroatoms. The van der Waals surface area contributed by atoms with Crippen molar-refractivity contribution in [1.29, 1.82) is 0 Å². The van der Waals surface area contributed by atoms with E-state index in [0.29, 0.717) is 5.56 Å². The maximum absolute atomic E-state index is 12.7. The minimum Gasteiger partial charge on any atom is -0.338 e. The molecule has 0 aliphatic rings. The van der Waals surface area contributed by atoms with Crippen molar-refractivity contribution in [2.24, 2.45) is 0 Å². The van der Waals surface area contributed by atoms with E-state index in [1.165, 1.54) is 5.56 Å². The second-order valence-corrected chi connectivity index (χ2v) is 7.71. The number of nitrogens with one attached hydrogen (secondary N) is 2. The van der Waals surface area contributed by atoms with Gasteiger partial charge in [-0.2, -0.15) is 11.8 Å². The third-order valence-electron chi connectivity index (χ3n) is 4.51. The zero-order valence-corrected chi connectivity index (χ0v) is 16.4. The van der Waals surface area contributed by atoms with Crippen LogP contribution < -0.4 is 5.32 Å². The van der Waals surface area contributed by atoms with Gasteiger partial charge in [-0.05, 0) is 47.7 Å². The number of hydrogen-bond donors (Lipinski definition) is 2. The number of rotatable bonds is 6. The molecule has 0 saturated heterocycles. The fraction of sp³-hybridized carbons (Fsp3) is 0.130. The molecule has 0 aliphatic carbocycles. The van der Waals surface area contributed by atoms with Crippen LogP contribution in [0, 0.1) is 0 Å². The first-order valence-corrected chi connectivity index (χ1v) is 10.4. The first kappa shape index (κ1) is 18.3. The summed E-state index contributed by atoms with van der Waals surface area (Å²) in [7, 11) is 0. The molecule has 4 aromatic rings. The number of fused-ring (bicyclic) bond motifs is 1. The largest absolute Gasteiger partial charge is 0.338 e. The van der Waals surface area contributed by atoms with E-state index in [1.54, 1.807) is 0 Å². The minimum absolute atomic E-state index is 0.127. The summed E-state index contributed by atoms with van der Waals surface area (Å²) in [6.45, 7) is 2.14. The molecule has 28 heavy (non-hydrogen) atoms. The van der Waals surface area contributed by atoms with Gasteiger partial charge in [-0.1, -0.05) is 43.3 Å². The second kappa shape index (κ2) is 8.31. The number of aromatic amines is 1. The Bertz CT molecular complexity index is 1070. The van der Waals surface area contributed by atoms with Crippen LogP contribution in [0.2, 0.25) is 0 Å². The minimum atomic E-state index is -0.127. The zero-order chi connectivity index (χ0) is 19.3. The molecule has 0 unspecified atom stereocenters. The third kappa shape index (κ3) is 3.94. The second-order valence-electron chi connectivity index (χ2n) is 6.44. The van der Waals surface area contributed by atoms with Gasteiger partial charge in [0.1, 0.15) is 5.82 Å². The lowest BCUT2D eigenvalue weighted by atomic mass is 10.1. The van der Waals surface area contributed by atoms with E-state index in [-0.39, 0.29) is 5.91 Å². The number of aromatic nitrogens is 2. The molecule has 0 saturated carbocycles. The van der Waals surface area contributed by atoms with Crippen LogP contribution in [0.5, 0.6) is 0 Å². The van der Waals surface area contributed by atoms with Crippen LogP contribution in [0.1, 0.15) is 22.8 Å². The highest BCUT2D eigenvalue weighted by Gasteiger charge is 2.13. The van der Waals surface area contributed by atoms with Crippen LogP contribution in [0.15, 0.2) is 72.8 Å². The van der Waals surface area contributed by atoms with Gasteiger partial charge < -0.3 is 10.3 Å². The number of thioether (sulfide) groups is 1. The maximum Gasteiger partial charge on any atom is 0.255 e. The zero-order valence-electron chi connectivity index (χ0n) is 15.6. The summed E-state index contributed by atoms with van der Waals surface area (Å²) in [5.74, 6) is 2.66. The Balaban J connectivity index is 1.57. The van der Waals surface area contributed by atoms with E-state index in [0.717, 1.165) is 39.6 Å². The number of imidazole rings is 1. The van der Waals surface area contributed by atoms with E-state index in [9.17, 15) is 4.79 Å².